The lowest BCUT2D eigenvalue weighted by Gasteiger charge is -2.44. The van der Waals surface area contributed by atoms with Gasteiger partial charge in [0.15, 0.2) is 6.10 Å². The Morgan fingerprint density at radius 1 is 1.22 bits per heavy atom. The minimum Gasteiger partial charge on any atom is -0.497 e. The lowest BCUT2D eigenvalue weighted by molar-refractivity contribution is -0.137. The van der Waals surface area contributed by atoms with Gasteiger partial charge >= 0.3 is 0 Å². The molecule has 1 aliphatic rings. The number of amides is 1. The molecule has 18 heavy (non-hydrogen) atoms. The molecule has 2 rings (SSSR count). The third-order valence-electron chi connectivity index (χ3n) is 3.08. The largest absolute Gasteiger partial charge is 0.497 e. The molecule has 4 nitrogen and oxygen atoms in total. The van der Waals surface area contributed by atoms with Crippen LogP contribution in [-0.2, 0) is 9.53 Å². The first-order valence-electron chi connectivity index (χ1n) is 5.85. The van der Waals surface area contributed by atoms with Crippen molar-refractivity contribution in [3.05, 3.63) is 36.4 Å². The quantitative estimate of drug-likeness (QED) is 0.603. The normalized spacial score (nSPS) is 23.3. The number of carbonyl (C=O) groups is 1. The van der Waals surface area contributed by atoms with Crippen LogP contribution in [0, 0.1) is 0 Å². The number of hydrogen-bond donors (Lipinski definition) is 0. The van der Waals surface area contributed by atoms with Gasteiger partial charge in [-0.2, -0.15) is 0 Å². The number of nitrogens with zero attached hydrogens (tertiary/aromatic N) is 1. The molecule has 2 atom stereocenters. The summed E-state index contributed by atoms with van der Waals surface area (Å²) in [4.78, 5) is 13.7. The second kappa shape index (κ2) is 5.23. The molecule has 0 aliphatic carbocycles. The van der Waals surface area contributed by atoms with E-state index >= 15 is 0 Å². The second-order valence-electron chi connectivity index (χ2n) is 4.08. The predicted octanol–water partition coefficient (Wildman–Crippen LogP) is 2.00. The van der Waals surface area contributed by atoms with Crippen molar-refractivity contribution in [1.82, 2.24) is 0 Å². The third kappa shape index (κ3) is 1.99. The van der Waals surface area contributed by atoms with Crippen LogP contribution < -0.4 is 9.64 Å². The van der Waals surface area contributed by atoms with E-state index in [1.807, 2.05) is 43.3 Å². The van der Waals surface area contributed by atoms with Crippen LogP contribution in [0.4, 0.5) is 5.69 Å². The van der Waals surface area contributed by atoms with Crippen LogP contribution >= 0.6 is 0 Å². The number of β-lactam (4-membered cyclic amide) rings is 1. The SMILES string of the molecule is C/C=C/[C@H]1[C@@H](OC)C(=O)N1c1ccc(OC)cc1. The molecule has 1 fully saturated rings. The Labute approximate surface area is 107 Å². The van der Waals surface area contributed by atoms with Crippen LogP contribution in [0.2, 0.25) is 0 Å². The van der Waals surface area contributed by atoms with E-state index in [4.69, 9.17) is 9.47 Å². The van der Waals surface area contributed by atoms with Crippen LogP contribution in [0.3, 0.4) is 0 Å². The number of carbonyl (C=O) groups excluding carboxylic acids is 1. The van der Waals surface area contributed by atoms with Crippen molar-refractivity contribution in [3.63, 3.8) is 0 Å². The number of hydrogen-bond acceptors (Lipinski definition) is 3. The lowest BCUT2D eigenvalue weighted by Crippen LogP contribution is -2.65. The van der Waals surface area contributed by atoms with Crippen molar-refractivity contribution in [1.29, 1.82) is 0 Å². The molecule has 96 valence electrons. The van der Waals surface area contributed by atoms with Crippen LogP contribution in [0.5, 0.6) is 5.75 Å². The molecular weight excluding hydrogens is 230 g/mol. The zero-order valence-corrected chi connectivity index (χ0v) is 10.8. The first kappa shape index (κ1) is 12.6. The van der Waals surface area contributed by atoms with Crippen molar-refractivity contribution in [2.45, 2.75) is 19.1 Å². The van der Waals surface area contributed by atoms with Gasteiger partial charge in [-0.05, 0) is 31.2 Å². The zero-order chi connectivity index (χ0) is 13.1. The minimum absolute atomic E-state index is 0.00855. The average Bonchev–Trinajstić information content (AvgIpc) is 2.40. The molecule has 0 spiro atoms. The maximum absolute atomic E-state index is 12.0. The molecule has 1 aromatic rings. The van der Waals surface area contributed by atoms with Crippen LogP contribution in [0.25, 0.3) is 0 Å². The highest BCUT2D eigenvalue weighted by Crippen LogP contribution is 2.31. The van der Waals surface area contributed by atoms with Crippen molar-refractivity contribution >= 4 is 11.6 Å². The van der Waals surface area contributed by atoms with Gasteiger partial charge in [-0.1, -0.05) is 12.2 Å². The summed E-state index contributed by atoms with van der Waals surface area (Å²) >= 11 is 0. The molecule has 0 unspecified atom stereocenters. The third-order valence-corrected chi connectivity index (χ3v) is 3.08. The summed E-state index contributed by atoms with van der Waals surface area (Å²) in [5, 5.41) is 0. The Morgan fingerprint density at radius 3 is 2.39 bits per heavy atom. The van der Waals surface area contributed by atoms with Gasteiger partial charge in [-0.25, -0.2) is 0 Å². The fourth-order valence-electron chi connectivity index (χ4n) is 2.15. The fourth-order valence-corrected chi connectivity index (χ4v) is 2.15. The molecule has 1 amide bonds. The van der Waals surface area contributed by atoms with Crippen molar-refractivity contribution in [2.75, 3.05) is 19.1 Å². The molecule has 1 aromatic carbocycles. The predicted molar refractivity (Wildman–Crippen MR) is 69.9 cm³/mol. The maximum Gasteiger partial charge on any atom is 0.259 e. The average molecular weight is 247 g/mol. The number of ether oxygens (including phenoxy) is 2. The molecular formula is C14H17NO3. The number of allylic oxidation sites excluding steroid dienone is 1. The van der Waals surface area contributed by atoms with Crippen molar-refractivity contribution in [2.24, 2.45) is 0 Å². The summed E-state index contributed by atoms with van der Waals surface area (Å²) in [7, 11) is 3.18. The van der Waals surface area contributed by atoms with Crippen LogP contribution in [-0.4, -0.2) is 32.3 Å². The monoisotopic (exact) mass is 247 g/mol. The van der Waals surface area contributed by atoms with Crippen molar-refractivity contribution < 1.29 is 14.3 Å². The second-order valence-corrected chi connectivity index (χ2v) is 4.08. The van der Waals surface area contributed by atoms with Gasteiger partial charge in [0.05, 0.1) is 13.2 Å². The smallest absolute Gasteiger partial charge is 0.259 e. The first-order valence-corrected chi connectivity index (χ1v) is 5.85. The van der Waals surface area contributed by atoms with E-state index in [0.717, 1.165) is 11.4 Å². The Kier molecular flexibility index (Phi) is 3.67. The van der Waals surface area contributed by atoms with E-state index in [0.29, 0.717) is 0 Å². The first-order chi connectivity index (χ1) is 8.72. The van der Waals surface area contributed by atoms with Gasteiger partial charge in [-0.15, -0.1) is 0 Å². The van der Waals surface area contributed by atoms with E-state index < -0.39 is 0 Å². The van der Waals surface area contributed by atoms with E-state index in [1.54, 1.807) is 19.1 Å². The summed E-state index contributed by atoms with van der Waals surface area (Å²) < 4.78 is 10.3. The molecule has 1 saturated heterocycles. The highest BCUT2D eigenvalue weighted by molar-refractivity contribution is 6.05. The number of benzene rings is 1. The molecule has 0 N–H and O–H groups in total. The Morgan fingerprint density at radius 2 is 1.89 bits per heavy atom. The fraction of sp³-hybridized carbons (Fsp3) is 0.357. The van der Waals surface area contributed by atoms with Gasteiger partial charge < -0.3 is 14.4 Å². The maximum atomic E-state index is 12.0. The molecule has 4 heteroatoms. The van der Waals surface area contributed by atoms with E-state index in [-0.39, 0.29) is 18.1 Å². The molecule has 0 radical (unpaired) electrons. The number of rotatable bonds is 4. The number of methoxy groups -OCH3 is 2. The lowest BCUT2D eigenvalue weighted by atomic mass is 9.96. The minimum atomic E-state index is -0.372. The van der Waals surface area contributed by atoms with Gasteiger partial charge in [0.1, 0.15) is 5.75 Å². The van der Waals surface area contributed by atoms with E-state index in [9.17, 15) is 4.79 Å². The van der Waals surface area contributed by atoms with Crippen LogP contribution in [0.15, 0.2) is 36.4 Å². The Hall–Kier alpha value is -1.81. The standard InChI is InChI=1S/C14H17NO3/c1-4-5-12-13(18-3)14(16)15(12)10-6-8-11(17-2)9-7-10/h4-9,12-13H,1-3H3/b5-4+/t12-,13+/m0/s1. The highest BCUT2D eigenvalue weighted by Gasteiger charge is 2.46. The summed E-state index contributed by atoms with van der Waals surface area (Å²) in [5.41, 5.74) is 0.859. The molecule has 0 saturated carbocycles. The van der Waals surface area contributed by atoms with Gasteiger partial charge in [0.25, 0.3) is 5.91 Å². The van der Waals surface area contributed by atoms with Crippen molar-refractivity contribution in [3.8, 4) is 5.75 Å². The van der Waals surface area contributed by atoms with Gasteiger partial charge in [0, 0.05) is 12.8 Å². The summed E-state index contributed by atoms with van der Waals surface area (Å²) in [5.74, 6) is 0.767. The molecule has 1 aliphatic heterocycles. The Balaban J connectivity index is 2.23. The molecule has 1 heterocycles. The zero-order valence-electron chi connectivity index (χ0n) is 10.8. The van der Waals surface area contributed by atoms with E-state index in [2.05, 4.69) is 0 Å². The topological polar surface area (TPSA) is 38.8 Å². The summed E-state index contributed by atoms with van der Waals surface area (Å²) in [6.45, 7) is 1.93. The highest BCUT2D eigenvalue weighted by atomic mass is 16.5. The van der Waals surface area contributed by atoms with Crippen LogP contribution in [0.1, 0.15) is 6.92 Å². The van der Waals surface area contributed by atoms with Gasteiger partial charge in [0.2, 0.25) is 0 Å². The summed E-state index contributed by atoms with van der Waals surface area (Å²) in [6, 6.07) is 7.41. The molecule has 0 bridgehead atoms. The number of anilines is 1. The molecule has 0 aromatic heterocycles. The van der Waals surface area contributed by atoms with Gasteiger partial charge in [-0.3, -0.25) is 4.79 Å². The van der Waals surface area contributed by atoms with E-state index in [1.165, 1.54) is 0 Å². The Bertz CT molecular complexity index is 453. The summed E-state index contributed by atoms with van der Waals surface area (Å²) in [6.07, 6.45) is 3.53.